The van der Waals surface area contributed by atoms with Crippen LogP contribution < -0.4 is 0 Å². The third-order valence-electron chi connectivity index (χ3n) is 1.93. The van der Waals surface area contributed by atoms with Crippen LogP contribution in [0.25, 0.3) is 5.82 Å². The first-order valence-electron chi connectivity index (χ1n) is 4.41. The molecule has 0 bridgehead atoms. The van der Waals surface area contributed by atoms with Gasteiger partial charge in [0.15, 0.2) is 17.8 Å². The lowest BCUT2D eigenvalue weighted by molar-refractivity contribution is -0.141. The van der Waals surface area contributed by atoms with Crippen LogP contribution in [-0.4, -0.2) is 26.0 Å². The second-order valence-electron chi connectivity index (χ2n) is 3.05. The SMILES string of the molecule is O=Cc1cc(C(F)(F)F)nn1-c1ccncn1. The van der Waals surface area contributed by atoms with Crippen molar-refractivity contribution in [1.29, 1.82) is 0 Å². The lowest BCUT2D eigenvalue weighted by Gasteiger charge is -2.02. The predicted molar refractivity (Wildman–Crippen MR) is 49.5 cm³/mol. The zero-order valence-corrected chi connectivity index (χ0v) is 8.22. The van der Waals surface area contributed by atoms with Crippen molar-refractivity contribution in [2.45, 2.75) is 6.18 Å². The van der Waals surface area contributed by atoms with Crippen LogP contribution in [0.15, 0.2) is 24.7 Å². The molecule has 0 fully saturated rings. The number of aldehydes is 1. The Balaban J connectivity index is 2.55. The minimum atomic E-state index is -4.60. The van der Waals surface area contributed by atoms with Crippen molar-refractivity contribution in [1.82, 2.24) is 19.7 Å². The summed E-state index contributed by atoms with van der Waals surface area (Å²) in [6, 6.07) is 2.01. The molecule has 0 N–H and O–H groups in total. The largest absolute Gasteiger partial charge is 0.435 e. The molecular formula is C9H5F3N4O. The summed E-state index contributed by atoms with van der Waals surface area (Å²) in [5.41, 5.74) is -1.37. The first kappa shape index (κ1) is 11.2. The van der Waals surface area contributed by atoms with E-state index in [1.54, 1.807) is 0 Å². The Kier molecular flexibility index (Phi) is 2.62. The van der Waals surface area contributed by atoms with Crippen molar-refractivity contribution < 1.29 is 18.0 Å². The Hall–Kier alpha value is -2.25. The number of aromatic nitrogens is 4. The summed E-state index contributed by atoms with van der Waals surface area (Å²) in [6.07, 6.45) is -1.83. The number of alkyl halides is 3. The summed E-state index contributed by atoms with van der Waals surface area (Å²) < 4.78 is 38.0. The molecule has 0 spiro atoms. The molecule has 88 valence electrons. The highest BCUT2D eigenvalue weighted by atomic mass is 19.4. The number of hydrogen-bond acceptors (Lipinski definition) is 4. The molecule has 0 amide bonds. The summed E-state index contributed by atoms with van der Waals surface area (Å²) in [4.78, 5) is 18.0. The molecule has 0 aliphatic carbocycles. The summed E-state index contributed by atoms with van der Waals surface area (Å²) in [5.74, 6) is 0.0950. The van der Waals surface area contributed by atoms with Gasteiger partial charge in [-0.15, -0.1) is 0 Å². The summed E-state index contributed by atoms with van der Waals surface area (Å²) in [7, 11) is 0. The smallest absolute Gasteiger partial charge is 0.296 e. The van der Waals surface area contributed by atoms with E-state index in [4.69, 9.17) is 0 Å². The second-order valence-corrected chi connectivity index (χ2v) is 3.05. The third-order valence-corrected chi connectivity index (χ3v) is 1.93. The van der Waals surface area contributed by atoms with E-state index >= 15 is 0 Å². The molecule has 0 atom stereocenters. The maximum absolute atomic E-state index is 12.4. The zero-order valence-electron chi connectivity index (χ0n) is 8.22. The average Bonchev–Trinajstić information content (AvgIpc) is 2.73. The van der Waals surface area contributed by atoms with Gasteiger partial charge in [0, 0.05) is 12.3 Å². The number of nitrogens with zero attached hydrogens (tertiary/aromatic N) is 4. The molecule has 0 saturated carbocycles. The van der Waals surface area contributed by atoms with Crippen molar-refractivity contribution in [3.05, 3.63) is 36.0 Å². The van der Waals surface area contributed by atoms with E-state index in [0.29, 0.717) is 6.07 Å². The van der Waals surface area contributed by atoms with E-state index < -0.39 is 11.9 Å². The monoisotopic (exact) mass is 242 g/mol. The minimum Gasteiger partial charge on any atom is -0.296 e. The van der Waals surface area contributed by atoms with Crippen LogP contribution in [0.4, 0.5) is 13.2 Å². The Morgan fingerprint density at radius 1 is 1.35 bits per heavy atom. The normalized spacial score (nSPS) is 11.5. The Labute approximate surface area is 92.9 Å². The standard InChI is InChI=1S/C9H5F3N4O/c10-9(11,12)7-3-6(4-17)16(15-7)8-1-2-13-5-14-8/h1-5H. The molecule has 0 aromatic carbocycles. The topological polar surface area (TPSA) is 60.7 Å². The van der Waals surface area contributed by atoms with Gasteiger partial charge in [-0.25, -0.2) is 14.6 Å². The highest BCUT2D eigenvalue weighted by molar-refractivity contribution is 5.73. The van der Waals surface area contributed by atoms with Crippen LogP contribution in [0.3, 0.4) is 0 Å². The van der Waals surface area contributed by atoms with E-state index in [1.807, 2.05) is 0 Å². The van der Waals surface area contributed by atoms with E-state index in [0.717, 1.165) is 11.0 Å². The van der Waals surface area contributed by atoms with E-state index in [1.165, 1.54) is 12.3 Å². The fourth-order valence-corrected chi connectivity index (χ4v) is 1.21. The van der Waals surface area contributed by atoms with Crippen LogP contribution in [0.2, 0.25) is 0 Å². The Morgan fingerprint density at radius 3 is 2.65 bits per heavy atom. The van der Waals surface area contributed by atoms with Gasteiger partial charge >= 0.3 is 6.18 Å². The highest BCUT2D eigenvalue weighted by Crippen LogP contribution is 2.28. The van der Waals surface area contributed by atoms with Gasteiger partial charge in [-0.3, -0.25) is 4.79 Å². The summed E-state index contributed by atoms with van der Waals surface area (Å²) in [6.45, 7) is 0. The third kappa shape index (κ3) is 2.14. The van der Waals surface area contributed by atoms with Gasteiger partial charge in [-0.1, -0.05) is 0 Å². The van der Waals surface area contributed by atoms with Gasteiger partial charge in [-0.2, -0.15) is 18.3 Å². The predicted octanol–water partition coefficient (Wildman–Crippen LogP) is 1.49. The average molecular weight is 242 g/mol. The van der Waals surface area contributed by atoms with Crippen LogP contribution in [-0.2, 0) is 6.18 Å². The minimum absolute atomic E-state index is 0.0950. The molecule has 2 heterocycles. The number of hydrogen-bond donors (Lipinski definition) is 0. The number of carbonyl (C=O) groups excluding carboxylic acids is 1. The van der Waals surface area contributed by atoms with E-state index in [-0.39, 0.29) is 17.8 Å². The van der Waals surface area contributed by atoms with Gasteiger partial charge in [0.05, 0.1) is 0 Å². The lowest BCUT2D eigenvalue weighted by atomic mass is 10.3. The highest BCUT2D eigenvalue weighted by Gasteiger charge is 2.35. The maximum Gasteiger partial charge on any atom is 0.435 e. The van der Waals surface area contributed by atoms with Gasteiger partial charge < -0.3 is 0 Å². The fourth-order valence-electron chi connectivity index (χ4n) is 1.21. The van der Waals surface area contributed by atoms with Crippen molar-refractivity contribution in [3.63, 3.8) is 0 Å². The zero-order chi connectivity index (χ0) is 12.5. The van der Waals surface area contributed by atoms with Crippen LogP contribution in [0.5, 0.6) is 0 Å². The fraction of sp³-hybridized carbons (Fsp3) is 0.111. The maximum atomic E-state index is 12.4. The molecule has 0 aliphatic heterocycles. The second kappa shape index (κ2) is 3.96. The van der Waals surface area contributed by atoms with E-state index in [9.17, 15) is 18.0 Å². The van der Waals surface area contributed by atoms with Crippen molar-refractivity contribution in [2.75, 3.05) is 0 Å². The van der Waals surface area contributed by atoms with Crippen molar-refractivity contribution >= 4 is 6.29 Å². The molecule has 5 nitrogen and oxygen atoms in total. The van der Waals surface area contributed by atoms with Crippen molar-refractivity contribution in [2.24, 2.45) is 0 Å². The first-order valence-corrected chi connectivity index (χ1v) is 4.41. The van der Waals surface area contributed by atoms with Crippen molar-refractivity contribution in [3.8, 4) is 5.82 Å². The van der Waals surface area contributed by atoms with Gasteiger partial charge in [0.2, 0.25) is 0 Å². The number of rotatable bonds is 2. The van der Waals surface area contributed by atoms with Gasteiger partial charge in [-0.05, 0) is 6.07 Å². The lowest BCUT2D eigenvalue weighted by Crippen LogP contribution is -2.08. The van der Waals surface area contributed by atoms with E-state index in [2.05, 4.69) is 15.1 Å². The number of halogens is 3. The Morgan fingerprint density at radius 2 is 2.12 bits per heavy atom. The molecule has 2 aromatic rings. The summed E-state index contributed by atoms with van der Waals surface area (Å²) >= 11 is 0. The molecule has 0 radical (unpaired) electrons. The van der Waals surface area contributed by atoms with Gasteiger partial charge in [0.25, 0.3) is 0 Å². The van der Waals surface area contributed by atoms with Crippen LogP contribution >= 0.6 is 0 Å². The molecule has 2 rings (SSSR count). The Bertz CT molecular complexity index is 535. The quantitative estimate of drug-likeness (QED) is 0.748. The molecular weight excluding hydrogens is 237 g/mol. The molecule has 0 saturated heterocycles. The molecule has 0 aliphatic rings. The molecule has 0 unspecified atom stereocenters. The van der Waals surface area contributed by atoms with Crippen LogP contribution in [0, 0.1) is 0 Å². The molecule has 8 heteroatoms. The van der Waals surface area contributed by atoms with Crippen LogP contribution in [0.1, 0.15) is 16.2 Å². The molecule has 2 aromatic heterocycles. The first-order chi connectivity index (χ1) is 8.02. The van der Waals surface area contributed by atoms with Gasteiger partial charge in [0.1, 0.15) is 12.0 Å². The number of carbonyl (C=O) groups is 1. The molecule has 17 heavy (non-hydrogen) atoms. The summed E-state index contributed by atoms with van der Waals surface area (Å²) in [5, 5.41) is 3.29.